The van der Waals surface area contributed by atoms with Gasteiger partial charge in [0.2, 0.25) is 0 Å². The molecule has 0 aliphatic carbocycles. The van der Waals surface area contributed by atoms with Gasteiger partial charge in [-0.3, -0.25) is 19.6 Å². The SMILES string of the molecule is COc1ccc(/C(O)=C2/C(=O)C(=O)N(Cc3ccncc3)C2c2ccncc2)cc1OC. The van der Waals surface area contributed by atoms with Crippen LogP contribution in [0.15, 0.2) is 72.8 Å². The first-order valence-electron chi connectivity index (χ1n) is 9.84. The Balaban J connectivity index is 1.85. The highest BCUT2D eigenvalue weighted by Gasteiger charge is 2.46. The van der Waals surface area contributed by atoms with Gasteiger partial charge in [0.05, 0.1) is 25.8 Å². The zero-order valence-electron chi connectivity index (χ0n) is 17.6. The molecule has 32 heavy (non-hydrogen) atoms. The minimum absolute atomic E-state index is 0.00229. The number of carbonyl (C=O) groups is 2. The Hall–Kier alpha value is -4.20. The third kappa shape index (κ3) is 3.78. The molecule has 1 amide bonds. The average Bonchev–Trinajstić information content (AvgIpc) is 3.09. The number of likely N-dealkylation sites (tertiary alicyclic amines) is 1. The van der Waals surface area contributed by atoms with Crippen LogP contribution < -0.4 is 9.47 Å². The largest absolute Gasteiger partial charge is 0.507 e. The minimum Gasteiger partial charge on any atom is -0.507 e. The van der Waals surface area contributed by atoms with Crippen molar-refractivity contribution in [1.82, 2.24) is 14.9 Å². The van der Waals surface area contributed by atoms with Gasteiger partial charge in [-0.05, 0) is 53.6 Å². The Morgan fingerprint density at radius 1 is 0.938 bits per heavy atom. The van der Waals surface area contributed by atoms with Gasteiger partial charge >= 0.3 is 0 Å². The van der Waals surface area contributed by atoms with E-state index in [0.29, 0.717) is 22.6 Å². The number of pyridine rings is 2. The molecule has 0 spiro atoms. The van der Waals surface area contributed by atoms with Crippen LogP contribution in [0.25, 0.3) is 5.76 Å². The summed E-state index contributed by atoms with van der Waals surface area (Å²) in [6.07, 6.45) is 6.41. The molecule has 1 aliphatic rings. The Labute approximate surface area is 184 Å². The van der Waals surface area contributed by atoms with Crippen molar-refractivity contribution in [3.63, 3.8) is 0 Å². The molecule has 3 aromatic rings. The molecule has 0 bridgehead atoms. The van der Waals surface area contributed by atoms with E-state index in [1.807, 2.05) is 0 Å². The van der Waals surface area contributed by atoms with Gasteiger partial charge in [0.1, 0.15) is 5.76 Å². The summed E-state index contributed by atoms with van der Waals surface area (Å²) >= 11 is 0. The Morgan fingerprint density at radius 3 is 2.19 bits per heavy atom. The molecule has 0 saturated carbocycles. The van der Waals surface area contributed by atoms with Crippen molar-refractivity contribution in [3.05, 3.63) is 89.5 Å². The number of hydrogen-bond acceptors (Lipinski definition) is 7. The highest BCUT2D eigenvalue weighted by molar-refractivity contribution is 6.46. The highest BCUT2D eigenvalue weighted by Crippen LogP contribution is 2.41. The number of Topliss-reactive ketones (excluding diaryl/α,β-unsaturated/α-hetero) is 1. The van der Waals surface area contributed by atoms with Gasteiger partial charge in [0.15, 0.2) is 11.5 Å². The lowest BCUT2D eigenvalue weighted by Gasteiger charge is -2.25. The van der Waals surface area contributed by atoms with Crippen LogP contribution in [0.4, 0.5) is 0 Å². The number of nitrogens with zero attached hydrogens (tertiary/aromatic N) is 3. The third-order valence-corrected chi connectivity index (χ3v) is 5.32. The Bertz CT molecular complexity index is 1180. The van der Waals surface area contributed by atoms with E-state index >= 15 is 0 Å². The molecule has 1 saturated heterocycles. The van der Waals surface area contributed by atoms with Crippen LogP contribution >= 0.6 is 0 Å². The van der Waals surface area contributed by atoms with Crippen molar-refractivity contribution in [2.24, 2.45) is 0 Å². The summed E-state index contributed by atoms with van der Waals surface area (Å²) in [6, 6.07) is 11.0. The number of benzene rings is 1. The summed E-state index contributed by atoms with van der Waals surface area (Å²) in [5.74, 6) is -0.863. The monoisotopic (exact) mass is 431 g/mol. The maximum Gasteiger partial charge on any atom is 0.295 e. The number of ketones is 1. The summed E-state index contributed by atoms with van der Waals surface area (Å²) in [5.41, 5.74) is 1.81. The van der Waals surface area contributed by atoms with E-state index in [1.54, 1.807) is 67.3 Å². The zero-order chi connectivity index (χ0) is 22.7. The average molecular weight is 431 g/mol. The van der Waals surface area contributed by atoms with Crippen LogP contribution in [0.5, 0.6) is 11.5 Å². The maximum absolute atomic E-state index is 13.1. The summed E-state index contributed by atoms with van der Waals surface area (Å²) in [4.78, 5) is 35.6. The van der Waals surface area contributed by atoms with Crippen molar-refractivity contribution in [2.75, 3.05) is 14.2 Å². The predicted octanol–water partition coefficient (Wildman–Crippen LogP) is 3.12. The highest BCUT2D eigenvalue weighted by atomic mass is 16.5. The van der Waals surface area contributed by atoms with Gasteiger partial charge in [-0.1, -0.05) is 0 Å². The number of aliphatic hydroxyl groups excluding tert-OH is 1. The molecule has 1 aliphatic heterocycles. The topological polar surface area (TPSA) is 102 Å². The number of amides is 1. The molecule has 4 rings (SSSR count). The lowest BCUT2D eigenvalue weighted by atomic mass is 9.95. The van der Waals surface area contributed by atoms with E-state index in [0.717, 1.165) is 5.56 Å². The van der Waals surface area contributed by atoms with Crippen molar-refractivity contribution in [3.8, 4) is 11.5 Å². The fourth-order valence-electron chi connectivity index (χ4n) is 3.76. The summed E-state index contributed by atoms with van der Waals surface area (Å²) < 4.78 is 10.6. The molecule has 2 aromatic heterocycles. The number of carbonyl (C=O) groups excluding carboxylic acids is 2. The van der Waals surface area contributed by atoms with E-state index in [1.165, 1.54) is 19.1 Å². The molecule has 1 fully saturated rings. The Morgan fingerprint density at radius 2 is 1.56 bits per heavy atom. The number of ether oxygens (including phenoxy) is 2. The van der Waals surface area contributed by atoms with Crippen molar-refractivity contribution in [2.45, 2.75) is 12.6 Å². The van der Waals surface area contributed by atoms with Gasteiger partial charge in [0, 0.05) is 36.9 Å². The van der Waals surface area contributed by atoms with Crippen LogP contribution in [-0.4, -0.2) is 45.9 Å². The van der Waals surface area contributed by atoms with Gasteiger partial charge < -0.3 is 19.5 Å². The number of aliphatic hydroxyl groups is 1. The first-order valence-corrected chi connectivity index (χ1v) is 9.84. The molecule has 8 nitrogen and oxygen atoms in total. The molecular weight excluding hydrogens is 410 g/mol. The van der Waals surface area contributed by atoms with Crippen LogP contribution in [0.2, 0.25) is 0 Å². The number of aromatic nitrogens is 2. The molecule has 8 heteroatoms. The molecule has 162 valence electrons. The quantitative estimate of drug-likeness (QED) is 0.363. The minimum atomic E-state index is -0.778. The van der Waals surface area contributed by atoms with Gasteiger partial charge in [-0.15, -0.1) is 0 Å². The molecule has 1 aromatic carbocycles. The smallest absolute Gasteiger partial charge is 0.295 e. The standard InChI is InChI=1S/C24H21N3O5/c1-31-18-4-3-17(13-19(18)32-2)22(28)20-21(16-7-11-26-12-8-16)27(24(30)23(20)29)14-15-5-9-25-10-6-15/h3-13,21,28H,14H2,1-2H3/b22-20-. The van der Waals surface area contributed by atoms with Crippen LogP contribution in [0.1, 0.15) is 22.7 Å². The summed E-state index contributed by atoms with van der Waals surface area (Å²) in [7, 11) is 2.98. The second kappa shape index (κ2) is 8.89. The van der Waals surface area contributed by atoms with Crippen LogP contribution in [0.3, 0.4) is 0 Å². The first-order chi connectivity index (χ1) is 15.5. The lowest BCUT2D eigenvalue weighted by Crippen LogP contribution is -2.29. The first kappa shape index (κ1) is 21.0. The zero-order valence-corrected chi connectivity index (χ0v) is 17.6. The second-order valence-electron chi connectivity index (χ2n) is 7.13. The molecule has 0 radical (unpaired) electrons. The maximum atomic E-state index is 13.1. The number of methoxy groups -OCH3 is 2. The third-order valence-electron chi connectivity index (χ3n) is 5.32. The molecule has 1 N–H and O–H groups in total. The fourth-order valence-corrected chi connectivity index (χ4v) is 3.76. The molecule has 3 heterocycles. The lowest BCUT2D eigenvalue weighted by molar-refractivity contribution is -0.140. The van der Waals surface area contributed by atoms with Crippen molar-refractivity contribution in [1.29, 1.82) is 0 Å². The fraction of sp³-hybridized carbons (Fsp3) is 0.167. The Kier molecular flexibility index (Phi) is 5.85. The van der Waals surface area contributed by atoms with E-state index in [4.69, 9.17) is 9.47 Å². The van der Waals surface area contributed by atoms with E-state index in [-0.39, 0.29) is 17.9 Å². The molecule has 1 atom stereocenters. The van der Waals surface area contributed by atoms with Gasteiger partial charge in [0.25, 0.3) is 11.7 Å². The van der Waals surface area contributed by atoms with Crippen LogP contribution in [-0.2, 0) is 16.1 Å². The number of rotatable bonds is 6. The van der Waals surface area contributed by atoms with Gasteiger partial charge in [-0.25, -0.2) is 0 Å². The molecular formula is C24H21N3O5. The summed E-state index contributed by atoms with van der Waals surface area (Å²) in [5, 5.41) is 11.2. The summed E-state index contributed by atoms with van der Waals surface area (Å²) in [6.45, 7) is 0.183. The van der Waals surface area contributed by atoms with Crippen molar-refractivity contribution < 1.29 is 24.2 Å². The van der Waals surface area contributed by atoms with Crippen LogP contribution in [0, 0.1) is 0 Å². The normalized spacial score (nSPS) is 17.4. The number of hydrogen-bond donors (Lipinski definition) is 1. The molecule has 1 unspecified atom stereocenters. The van der Waals surface area contributed by atoms with E-state index in [2.05, 4.69) is 9.97 Å². The van der Waals surface area contributed by atoms with Gasteiger partial charge in [-0.2, -0.15) is 0 Å². The second-order valence-corrected chi connectivity index (χ2v) is 7.13. The predicted molar refractivity (Wildman–Crippen MR) is 116 cm³/mol. The van der Waals surface area contributed by atoms with E-state index < -0.39 is 17.7 Å². The van der Waals surface area contributed by atoms with Crippen molar-refractivity contribution >= 4 is 17.4 Å². The van der Waals surface area contributed by atoms with E-state index in [9.17, 15) is 14.7 Å².